The molecule has 0 radical (unpaired) electrons. The van der Waals surface area contributed by atoms with Crippen LogP contribution in [0.5, 0.6) is 0 Å². The van der Waals surface area contributed by atoms with Gasteiger partial charge in [0.15, 0.2) is 0 Å². The van der Waals surface area contributed by atoms with Crippen LogP contribution in [0.15, 0.2) is 23.8 Å². The van der Waals surface area contributed by atoms with E-state index in [-0.39, 0.29) is 0 Å². The smallest absolute Gasteiger partial charge is 0.0279 e. The molecule has 0 atom stereocenters. The van der Waals surface area contributed by atoms with Crippen molar-refractivity contribution in [3.63, 3.8) is 0 Å². The molecule has 56 valence electrons. The third-order valence-corrected chi connectivity index (χ3v) is 1.86. The van der Waals surface area contributed by atoms with Crippen molar-refractivity contribution in [3.05, 3.63) is 23.8 Å². The van der Waals surface area contributed by atoms with Gasteiger partial charge in [0, 0.05) is 0 Å². The summed E-state index contributed by atoms with van der Waals surface area (Å²) in [5.74, 6) is 0. The summed E-state index contributed by atoms with van der Waals surface area (Å²) in [5.41, 5.74) is 1.55. The highest BCUT2D eigenvalue weighted by atomic mass is 14.0. The lowest BCUT2D eigenvalue weighted by molar-refractivity contribution is 0.912. The average molecular weight is 136 g/mol. The van der Waals surface area contributed by atoms with Gasteiger partial charge in [0.1, 0.15) is 0 Å². The molecule has 0 nitrogen and oxygen atoms in total. The van der Waals surface area contributed by atoms with E-state index in [0.29, 0.717) is 0 Å². The molecule has 0 saturated carbocycles. The Morgan fingerprint density at radius 2 is 2.50 bits per heavy atom. The Kier molecular flexibility index (Phi) is 3.28. The first-order chi connectivity index (χ1) is 4.93. The average Bonchev–Trinajstić information content (AvgIpc) is 2.41. The third kappa shape index (κ3) is 2.38. The zero-order chi connectivity index (χ0) is 7.23. The Balaban J connectivity index is 2.23. The highest BCUT2D eigenvalue weighted by Gasteiger charge is 1.98. The first-order valence-electron chi connectivity index (χ1n) is 4.29. The highest BCUT2D eigenvalue weighted by molar-refractivity contribution is 5.21. The van der Waals surface area contributed by atoms with Gasteiger partial charge in [0.25, 0.3) is 0 Å². The molecule has 0 amide bonds. The van der Waals surface area contributed by atoms with Crippen LogP contribution >= 0.6 is 0 Å². The van der Waals surface area contributed by atoms with E-state index in [9.17, 15) is 0 Å². The van der Waals surface area contributed by atoms with Gasteiger partial charge < -0.3 is 0 Å². The number of unbranched alkanes of at least 4 members (excludes halogenated alkanes) is 1. The molecule has 0 aliphatic heterocycles. The summed E-state index contributed by atoms with van der Waals surface area (Å²) >= 11 is 0. The summed E-state index contributed by atoms with van der Waals surface area (Å²) in [4.78, 5) is 0. The second kappa shape index (κ2) is 4.32. The van der Waals surface area contributed by atoms with Crippen molar-refractivity contribution in [3.8, 4) is 0 Å². The molecule has 0 aromatic rings. The largest absolute Gasteiger partial charge is 0.0843 e. The molecule has 1 aliphatic rings. The molecule has 1 aliphatic carbocycles. The van der Waals surface area contributed by atoms with Crippen LogP contribution in [-0.4, -0.2) is 0 Å². The van der Waals surface area contributed by atoms with E-state index in [0.717, 1.165) is 0 Å². The van der Waals surface area contributed by atoms with Gasteiger partial charge in [-0.2, -0.15) is 0 Å². The van der Waals surface area contributed by atoms with E-state index in [1.807, 2.05) is 0 Å². The summed E-state index contributed by atoms with van der Waals surface area (Å²) in [7, 11) is 0. The van der Waals surface area contributed by atoms with Crippen molar-refractivity contribution < 1.29 is 0 Å². The van der Waals surface area contributed by atoms with Crippen molar-refractivity contribution in [1.29, 1.82) is 0 Å². The van der Waals surface area contributed by atoms with E-state index in [1.54, 1.807) is 5.57 Å². The lowest BCUT2D eigenvalue weighted by Gasteiger charge is -1.89. The summed E-state index contributed by atoms with van der Waals surface area (Å²) in [6.07, 6.45) is 13.4. The Hall–Kier alpha value is -0.520. The van der Waals surface area contributed by atoms with Crippen molar-refractivity contribution >= 4 is 0 Å². The van der Waals surface area contributed by atoms with Gasteiger partial charge in [-0.1, -0.05) is 37.1 Å². The summed E-state index contributed by atoms with van der Waals surface area (Å²) in [5, 5.41) is 0. The molecule has 0 N–H and O–H groups in total. The van der Waals surface area contributed by atoms with Crippen LogP contribution < -0.4 is 0 Å². The summed E-state index contributed by atoms with van der Waals surface area (Å²) < 4.78 is 0. The van der Waals surface area contributed by atoms with Gasteiger partial charge in [-0.15, -0.1) is 0 Å². The molecule has 0 heteroatoms. The molecule has 0 spiro atoms. The minimum Gasteiger partial charge on any atom is -0.0843 e. The quantitative estimate of drug-likeness (QED) is 0.557. The Bertz CT molecular complexity index is 140. The maximum Gasteiger partial charge on any atom is -0.0279 e. The minimum absolute atomic E-state index is 1.23. The summed E-state index contributed by atoms with van der Waals surface area (Å²) in [6, 6.07) is 0. The Morgan fingerprint density at radius 3 is 3.10 bits per heavy atom. The highest BCUT2D eigenvalue weighted by Crippen LogP contribution is 2.18. The van der Waals surface area contributed by atoms with E-state index in [2.05, 4.69) is 25.2 Å². The fraction of sp³-hybridized carbons (Fsp3) is 0.600. The molecule has 0 unspecified atom stereocenters. The molecule has 10 heavy (non-hydrogen) atoms. The van der Waals surface area contributed by atoms with E-state index in [4.69, 9.17) is 0 Å². The van der Waals surface area contributed by atoms with Gasteiger partial charge in [0.2, 0.25) is 0 Å². The monoisotopic (exact) mass is 136 g/mol. The number of rotatable bonds is 3. The van der Waals surface area contributed by atoms with Crippen molar-refractivity contribution in [2.45, 2.75) is 39.0 Å². The number of hydrogen-bond donors (Lipinski definition) is 0. The molecular formula is C10H16. The van der Waals surface area contributed by atoms with Crippen LogP contribution in [0.4, 0.5) is 0 Å². The number of hydrogen-bond acceptors (Lipinski definition) is 0. The molecular weight excluding hydrogens is 120 g/mol. The molecule has 0 aromatic heterocycles. The van der Waals surface area contributed by atoms with Crippen molar-refractivity contribution in [1.82, 2.24) is 0 Å². The van der Waals surface area contributed by atoms with Gasteiger partial charge in [-0.25, -0.2) is 0 Å². The van der Waals surface area contributed by atoms with Gasteiger partial charge >= 0.3 is 0 Å². The lowest BCUT2D eigenvalue weighted by atomic mass is 10.2. The van der Waals surface area contributed by atoms with Crippen LogP contribution in [-0.2, 0) is 0 Å². The van der Waals surface area contributed by atoms with Gasteiger partial charge in [-0.3, -0.25) is 0 Å². The SMILES string of the molecule is CCC/C=C/C1=CCCC1. The van der Waals surface area contributed by atoms with Crippen LogP contribution in [0.1, 0.15) is 39.0 Å². The van der Waals surface area contributed by atoms with Gasteiger partial charge in [-0.05, 0) is 25.7 Å². The van der Waals surface area contributed by atoms with Gasteiger partial charge in [0.05, 0.1) is 0 Å². The van der Waals surface area contributed by atoms with Crippen LogP contribution in [0.3, 0.4) is 0 Å². The van der Waals surface area contributed by atoms with Crippen molar-refractivity contribution in [2.24, 2.45) is 0 Å². The van der Waals surface area contributed by atoms with E-state index >= 15 is 0 Å². The third-order valence-electron chi connectivity index (χ3n) is 1.86. The molecule has 0 bridgehead atoms. The molecule has 1 rings (SSSR count). The first-order valence-corrected chi connectivity index (χ1v) is 4.29. The molecule has 0 heterocycles. The minimum atomic E-state index is 1.23. The van der Waals surface area contributed by atoms with Crippen molar-refractivity contribution in [2.75, 3.05) is 0 Å². The molecule has 0 fully saturated rings. The summed E-state index contributed by atoms with van der Waals surface area (Å²) in [6.45, 7) is 2.22. The zero-order valence-electron chi connectivity index (χ0n) is 6.77. The lowest BCUT2D eigenvalue weighted by Crippen LogP contribution is -1.68. The predicted molar refractivity (Wildman–Crippen MR) is 46.0 cm³/mol. The van der Waals surface area contributed by atoms with E-state index in [1.165, 1.54) is 32.1 Å². The Morgan fingerprint density at radius 1 is 1.60 bits per heavy atom. The normalized spacial score (nSPS) is 18.3. The maximum absolute atomic E-state index is 2.35. The molecule has 0 aromatic carbocycles. The fourth-order valence-electron chi connectivity index (χ4n) is 1.25. The standard InChI is InChI=1S/C10H16/c1-2-3-4-7-10-8-5-6-9-10/h4,7-8H,2-3,5-6,9H2,1H3/b7-4+. The fourth-order valence-corrected chi connectivity index (χ4v) is 1.25. The van der Waals surface area contributed by atoms with E-state index < -0.39 is 0 Å². The second-order valence-corrected chi connectivity index (χ2v) is 2.86. The maximum atomic E-state index is 2.35. The zero-order valence-corrected chi connectivity index (χ0v) is 6.77. The van der Waals surface area contributed by atoms with Crippen LogP contribution in [0.2, 0.25) is 0 Å². The predicted octanol–water partition coefficient (Wildman–Crippen LogP) is 3.45. The first kappa shape index (κ1) is 7.59. The number of allylic oxidation sites excluding steroid dienone is 4. The Labute approximate surface area is 63.6 Å². The van der Waals surface area contributed by atoms with Crippen LogP contribution in [0.25, 0.3) is 0 Å². The molecule has 0 saturated heterocycles. The van der Waals surface area contributed by atoms with Crippen LogP contribution in [0, 0.1) is 0 Å². The second-order valence-electron chi connectivity index (χ2n) is 2.86. The topological polar surface area (TPSA) is 0 Å².